The lowest BCUT2D eigenvalue weighted by Crippen LogP contribution is -2.08. The highest BCUT2D eigenvalue weighted by Gasteiger charge is 2.12. The molecule has 3 heteroatoms. The van der Waals surface area contributed by atoms with Crippen LogP contribution in [0.1, 0.15) is 13.8 Å². The standard InChI is InChI=1S/C20H14N2.C13H13N.C2H6/c1-3-9-15(10-4-1)19-20(16-11-5-2-6-12-16)22-18-14-8-7-13-17(18)21-19;1-14(12-8-4-2-5-9-12)13-10-6-3-7-11-13;1-2/h1-14H;2-11H,1H3;1-2H3. The minimum atomic E-state index is 0.918. The first kappa shape index (κ1) is 26.3. The van der Waals surface area contributed by atoms with E-state index in [9.17, 15) is 0 Å². The molecule has 3 nitrogen and oxygen atoms in total. The van der Waals surface area contributed by atoms with Crippen molar-refractivity contribution in [3.8, 4) is 22.5 Å². The van der Waals surface area contributed by atoms with E-state index in [0.29, 0.717) is 0 Å². The predicted octanol–water partition coefficient (Wildman–Crippen LogP) is 9.44. The molecule has 6 aromatic rings. The van der Waals surface area contributed by atoms with Gasteiger partial charge in [-0.2, -0.15) is 0 Å². The van der Waals surface area contributed by atoms with Crippen LogP contribution >= 0.6 is 0 Å². The first-order valence-corrected chi connectivity index (χ1v) is 13.0. The second kappa shape index (κ2) is 13.5. The van der Waals surface area contributed by atoms with Gasteiger partial charge in [-0.25, -0.2) is 9.97 Å². The monoisotopic (exact) mass is 495 g/mol. The summed E-state index contributed by atoms with van der Waals surface area (Å²) in [6.07, 6.45) is 0. The van der Waals surface area contributed by atoms with Gasteiger partial charge in [0.05, 0.1) is 22.4 Å². The summed E-state index contributed by atoms with van der Waals surface area (Å²) in [4.78, 5) is 11.9. The summed E-state index contributed by atoms with van der Waals surface area (Å²) in [6.45, 7) is 4.00. The number of rotatable bonds is 4. The van der Waals surface area contributed by atoms with E-state index in [2.05, 4.69) is 84.7 Å². The third-order valence-electron chi connectivity index (χ3n) is 5.95. The highest BCUT2D eigenvalue weighted by atomic mass is 15.1. The summed E-state index contributed by atoms with van der Waals surface area (Å²) in [5, 5.41) is 0. The van der Waals surface area contributed by atoms with Crippen molar-refractivity contribution in [2.45, 2.75) is 13.8 Å². The Kier molecular flexibility index (Phi) is 9.36. The number of nitrogens with zero attached hydrogens (tertiary/aromatic N) is 3. The Morgan fingerprint density at radius 3 is 1.03 bits per heavy atom. The minimum Gasteiger partial charge on any atom is -0.345 e. The van der Waals surface area contributed by atoms with Crippen LogP contribution in [0.5, 0.6) is 0 Å². The van der Waals surface area contributed by atoms with Crippen molar-refractivity contribution in [3.63, 3.8) is 0 Å². The molecule has 0 N–H and O–H groups in total. The van der Waals surface area contributed by atoms with Crippen LogP contribution in [0.2, 0.25) is 0 Å². The van der Waals surface area contributed by atoms with Crippen molar-refractivity contribution >= 4 is 22.4 Å². The van der Waals surface area contributed by atoms with Crippen LogP contribution in [0.3, 0.4) is 0 Å². The number of fused-ring (bicyclic) bond motifs is 1. The van der Waals surface area contributed by atoms with Crippen molar-refractivity contribution in [2.75, 3.05) is 11.9 Å². The molecule has 0 aliphatic rings. The van der Waals surface area contributed by atoms with E-state index in [1.54, 1.807) is 0 Å². The van der Waals surface area contributed by atoms with E-state index >= 15 is 0 Å². The Bertz CT molecular complexity index is 1400. The smallest absolute Gasteiger partial charge is 0.0973 e. The van der Waals surface area contributed by atoms with Crippen molar-refractivity contribution < 1.29 is 0 Å². The molecule has 0 radical (unpaired) electrons. The predicted molar refractivity (Wildman–Crippen MR) is 163 cm³/mol. The highest BCUT2D eigenvalue weighted by Crippen LogP contribution is 2.30. The molecule has 0 spiro atoms. The highest BCUT2D eigenvalue weighted by molar-refractivity contribution is 5.86. The first-order valence-electron chi connectivity index (χ1n) is 13.0. The van der Waals surface area contributed by atoms with Crippen molar-refractivity contribution in [3.05, 3.63) is 146 Å². The molecule has 0 bridgehead atoms. The van der Waals surface area contributed by atoms with Crippen LogP contribution in [-0.2, 0) is 0 Å². The molecule has 0 atom stereocenters. The van der Waals surface area contributed by atoms with E-state index < -0.39 is 0 Å². The fourth-order valence-corrected chi connectivity index (χ4v) is 4.05. The molecule has 5 aromatic carbocycles. The Balaban J connectivity index is 0.000000182. The summed E-state index contributed by atoms with van der Waals surface area (Å²) in [7, 11) is 2.07. The molecule has 38 heavy (non-hydrogen) atoms. The summed E-state index contributed by atoms with van der Waals surface area (Å²) < 4.78 is 0. The lowest BCUT2D eigenvalue weighted by Gasteiger charge is -2.18. The van der Waals surface area contributed by atoms with Gasteiger partial charge in [0.15, 0.2) is 0 Å². The molecule has 1 heterocycles. The molecule has 0 aliphatic carbocycles. The van der Waals surface area contributed by atoms with Crippen LogP contribution in [0.25, 0.3) is 33.5 Å². The van der Waals surface area contributed by atoms with Crippen molar-refractivity contribution in [1.29, 1.82) is 0 Å². The number of anilines is 2. The average molecular weight is 496 g/mol. The fraction of sp³-hybridized carbons (Fsp3) is 0.0857. The van der Waals surface area contributed by atoms with Gasteiger partial charge in [-0.05, 0) is 36.4 Å². The van der Waals surface area contributed by atoms with Crippen LogP contribution < -0.4 is 4.90 Å². The fourth-order valence-electron chi connectivity index (χ4n) is 4.05. The van der Waals surface area contributed by atoms with E-state index in [4.69, 9.17) is 9.97 Å². The number of aromatic nitrogens is 2. The molecule has 0 aliphatic heterocycles. The van der Waals surface area contributed by atoms with Gasteiger partial charge in [-0.1, -0.05) is 123 Å². The Labute approximate surface area is 226 Å². The molecule has 1 aromatic heterocycles. The zero-order chi connectivity index (χ0) is 26.6. The maximum atomic E-state index is 4.86. The molecule has 0 unspecified atom stereocenters. The zero-order valence-electron chi connectivity index (χ0n) is 22.2. The summed E-state index contributed by atoms with van der Waals surface area (Å²) in [6, 6.07) is 49.1. The normalized spacial score (nSPS) is 9.97. The lowest BCUT2D eigenvalue weighted by atomic mass is 10.0. The third kappa shape index (κ3) is 6.51. The van der Waals surface area contributed by atoms with E-state index in [1.165, 1.54) is 11.4 Å². The SMILES string of the molecule is CC.CN(c1ccccc1)c1ccccc1.c1ccc(-c2nc3ccccc3nc2-c2ccccc2)cc1. The van der Waals surface area contributed by atoms with Gasteiger partial charge in [-0.15, -0.1) is 0 Å². The molecule has 0 saturated carbocycles. The van der Waals surface area contributed by atoms with E-state index in [1.807, 2.05) is 86.6 Å². The van der Waals surface area contributed by atoms with Gasteiger partial charge in [0, 0.05) is 29.5 Å². The second-order valence-corrected chi connectivity index (χ2v) is 8.37. The third-order valence-corrected chi connectivity index (χ3v) is 5.95. The quantitative estimate of drug-likeness (QED) is 0.244. The Morgan fingerprint density at radius 1 is 0.395 bits per heavy atom. The van der Waals surface area contributed by atoms with Gasteiger partial charge < -0.3 is 4.90 Å². The number of benzene rings is 5. The Hall–Kier alpha value is -4.76. The van der Waals surface area contributed by atoms with Gasteiger partial charge in [0.2, 0.25) is 0 Å². The maximum Gasteiger partial charge on any atom is 0.0973 e. The first-order chi connectivity index (χ1) is 18.8. The van der Waals surface area contributed by atoms with Gasteiger partial charge in [0.25, 0.3) is 0 Å². The van der Waals surface area contributed by atoms with Crippen molar-refractivity contribution in [1.82, 2.24) is 9.97 Å². The molecule has 6 rings (SSSR count). The molecule has 0 amide bonds. The molecule has 0 fully saturated rings. The maximum absolute atomic E-state index is 4.86. The van der Waals surface area contributed by atoms with Gasteiger partial charge in [0.1, 0.15) is 0 Å². The molecule has 188 valence electrons. The summed E-state index contributed by atoms with van der Waals surface area (Å²) >= 11 is 0. The number of para-hydroxylation sites is 4. The van der Waals surface area contributed by atoms with Crippen LogP contribution in [0.15, 0.2) is 146 Å². The average Bonchev–Trinajstić information content (AvgIpc) is 3.03. The minimum absolute atomic E-state index is 0.918. The molecule has 0 saturated heterocycles. The second-order valence-electron chi connectivity index (χ2n) is 8.37. The van der Waals surface area contributed by atoms with Gasteiger partial charge >= 0.3 is 0 Å². The van der Waals surface area contributed by atoms with E-state index in [0.717, 1.165) is 33.5 Å². The summed E-state index contributed by atoms with van der Waals surface area (Å²) in [5.74, 6) is 0. The molecular formula is C35H33N3. The lowest BCUT2D eigenvalue weighted by molar-refractivity contribution is 1.21. The number of hydrogen-bond donors (Lipinski definition) is 0. The largest absolute Gasteiger partial charge is 0.345 e. The number of hydrogen-bond acceptors (Lipinski definition) is 3. The van der Waals surface area contributed by atoms with Crippen LogP contribution in [0.4, 0.5) is 11.4 Å². The van der Waals surface area contributed by atoms with Gasteiger partial charge in [-0.3, -0.25) is 0 Å². The van der Waals surface area contributed by atoms with E-state index in [-0.39, 0.29) is 0 Å². The van der Waals surface area contributed by atoms with Crippen LogP contribution in [-0.4, -0.2) is 17.0 Å². The zero-order valence-corrected chi connectivity index (χ0v) is 22.2. The molecular weight excluding hydrogens is 462 g/mol. The Morgan fingerprint density at radius 2 is 0.684 bits per heavy atom. The van der Waals surface area contributed by atoms with Crippen LogP contribution in [0, 0.1) is 0 Å². The summed E-state index contributed by atoms with van der Waals surface area (Å²) in [5.41, 5.74) is 8.26. The topological polar surface area (TPSA) is 29.0 Å². The van der Waals surface area contributed by atoms with Crippen molar-refractivity contribution in [2.24, 2.45) is 0 Å².